The van der Waals surface area contributed by atoms with Crippen LogP contribution in [0.2, 0.25) is 0 Å². The average Bonchev–Trinajstić information content (AvgIpc) is 2.55. The van der Waals surface area contributed by atoms with Crippen molar-refractivity contribution >= 4 is 0 Å². The molecule has 1 heterocycles. The van der Waals surface area contributed by atoms with Gasteiger partial charge in [0.2, 0.25) is 0 Å². The Kier molecular flexibility index (Phi) is 4.71. The first kappa shape index (κ1) is 15.0. The summed E-state index contributed by atoms with van der Waals surface area (Å²) in [7, 11) is 0. The molecule has 0 radical (unpaired) electrons. The molecule has 3 heteroatoms. The van der Waals surface area contributed by atoms with Crippen LogP contribution in [0.25, 0.3) is 11.4 Å². The molecule has 1 aliphatic carbocycles. The van der Waals surface area contributed by atoms with Crippen LogP contribution in [0, 0.1) is 5.92 Å². The third kappa shape index (κ3) is 3.46. The summed E-state index contributed by atoms with van der Waals surface area (Å²) in [6.45, 7) is 2.26. The minimum absolute atomic E-state index is 0.275. The van der Waals surface area contributed by atoms with Gasteiger partial charge in [0.25, 0.3) is 0 Å². The number of hydrogen-bond acceptors (Lipinski definition) is 3. The van der Waals surface area contributed by atoms with Crippen molar-refractivity contribution in [3.05, 3.63) is 41.7 Å². The summed E-state index contributed by atoms with van der Waals surface area (Å²) < 4.78 is 0. The Balaban J connectivity index is 1.72. The number of fused-ring (bicyclic) bond motifs is 1. The zero-order chi connectivity index (χ0) is 15.4. The van der Waals surface area contributed by atoms with E-state index in [1.807, 2.05) is 18.3 Å². The number of phenols is 1. The van der Waals surface area contributed by atoms with Crippen LogP contribution in [-0.2, 0) is 12.8 Å². The number of aromatic nitrogens is 2. The molecule has 0 fully saturated rings. The number of unbranched alkanes of at least 4 members (excludes halogenated alkanes) is 2. The summed E-state index contributed by atoms with van der Waals surface area (Å²) >= 11 is 0. The number of benzene rings is 1. The summed E-state index contributed by atoms with van der Waals surface area (Å²) in [5.74, 6) is 1.85. The monoisotopic (exact) mass is 296 g/mol. The maximum absolute atomic E-state index is 9.37. The number of nitrogens with zero attached hydrogens (tertiary/aromatic N) is 2. The molecule has 1 atom stereocenters. The topological polar surface area (TPSA) is 46.0 Å². The van der Waals surface area contributed by atoms with Gasteiger partial charge in [0, 0.05) is 17.5 Å². The number of aryl methyl sites for hydroxylation is 1. The standard InChI is InChI=1S/C19H24N2O/c1-2-3-4-5-14-6-11-18-16(12-14)13-20-19(21-18)15-7-9-17(22)10-8-15/h7-10,13-14,22H,2-6,11-12H2,1H3. The second kappa shape index (κ2) is 6.91. The normalized spacial score (nSPS) is 17.2. The van der Waals surface area contributed by atoms with Gasteiger partial charge in [0.05, 0.1) is 0 Å². The molecule has 3 nitrogen and oxygen atoms in total. The molecule has 0 amide bonds. The van der Waals surface area contributed by atoms with E-state index in [-0.39, 0.29) is 5.75 Å². The molecule has 0 bridgehead atoms. The second-order valence-corrected chi connectivity index (χ2v) is 6.32. The van der Waals surface area contributed by atoms with Crippen molar-refractivity contribution < 1.29 is 5.11 Å². The van der Waals surface area contributed by atoms with Crippen LogP contribution < -0.4 is 0 Å². The molecule has 2 aromatic rings. The highest BCUT2D eigenvalue weighted by atomic mass is 16.3. The molecule has 1 unspecified atom stereocenters. The molecule has 22 heavy (non-hydrogen) atoms. The summed E-state index contributed by atoms with van der Waals surface area (Å²) in [5.41, 5.74) is 3.51. The fourth-order valence-corrected chi connectivity index (χ4v) is 3.26. The lowest BCUT2D eigenvalue weighted by atomic mass is 9.84. The third-order valence-corrected chi connectivity index (χ3v) is 4.59. The highest BCUT2D eigenvalue weighted by Crippen LogP contribution is 2.29. The van der Waals surface area contributed by atoms with Gasteiger partial charge < -0.3 is 5.11 Å². The van der Waals surface area contributed by atoms with Crippen LogP contribution in [0.3, 0.4) is 0 Å². The minimum atomic E-state index is 0.275. The summed E-state index contributed by atoms with van der Waals surface area (Å²) in [4.78, 5) is 9.28. The largest absolute Gasteiger partial charge is 0.508 e. The van der Waals surface area contributed by atoms with Gasteiger partial charge in [-0.2, -0.15) is 0 Å². The van der Waals surface area contributed by atoms with E-state index in [0.29, 0.717) is 0 Å². The highest BCUT2D eigenvalue weighted by molar-refractivity contribution is 5.56. The van der Waals surface area contributed by atoms with Crippen LogP contribution in [-0.4, -0.2) is 15.1 Å². The Morgan fingerprint density at radius 2 is 2.00 bits per heavy atom. The Hall–Kier alpha value is -1.90. The second-order valence-electron chi connectivity index (χ2n) is 6.32. The predicted octanol–water partition coefficient (Wildman–Crippen LogP) is 4.53. The average molecular weight is 296 g/mol. The van der Waals surface area contributed by atoms with Crippen LogP contribution >= 0.6 is 0 Å². The van der Waals surface area contributed by atoms with Gasteiger partial charge in [-0.15, -0.1) is 0 Å². The summed E-state index contributed by atoms with van der Waals surface area (Å²) in [6.07, 6.45) is 10.8. The Labute approximate surface area is 132 Å². The van der Waals surface area contributed by atoms with Gasteiger partial charge in [-0.25, -0.2) is 9.97 Å². The van der Waals surface area contributed by atoms with E-state index in [4.69, 9.17) is 4.98 Å². The van der Waals surface area contributed by atoms with E-state index in [2.05, 4.69) is 11.9 Å². The van der Waals surface area contributed by atoms with E-state index in [1.54, 1.807) is 12.1 Å². The van der Waals surface area contributed by atoms with Crippen molar-refractivity contribution in [2.45, 2.75) is 51.9 Å². The smallest absolute Gasteiger partial charge is 0.159 e. The Morgan fingerprint density at radius 3 is 2.77 bits per heavy atom. The number of aromatic hydroxyl groups is 1. The fourth-order valence-electron chi connectivity index (χ4n) is 3.26. The quantitative estimate of drug-likeness (QED) is 0.824. The molecule has 3 rings (SSSR count). The van der Waals surface area contributed by atoms with Gasteiger partial charge in [-0.3, -0.25) is 0 Å². The SMILES string of the molecule is CCCCCC1CCc2nc(-c3ccc(O)cc3)ncc2C1. The predicted molar refractivity (Wildman–Crippen MR) is 88.8 cm³/mol. The maximum Gasteiger partial charge on any atom is 0.159 e. The zero-order valence-electron chi connectivity index (χ0n) is 13.3. The molecule has 0 aliphatic heterocycles. The van der Waals surface area contributed by atoms with Crippen molar-refractivity contribution in [1.29, 1.82) is 0 Å². The van der Waals surface area contributed by atoms with Crippen molar-refractivity contribution in [3.63, 3.8) is 0 Å². The van der Waals surface area contributed by atoms with Crippen LogP contribution in [0.15, 0.2) is 30.5 Å². The molecule has 0 saturated heterocycles. The number of hydrogen-bond donors (Lipinski definition) is 1. The van der Waals surface area contributed by atoms with Crippen molar-refractivity contribution in [3.8, 4) is 17.1 Å². The van der Waals surface area contributed by atoms with Gasteiger partial charge in [0.15, 0.2) is 5.82 Å². The van der Waals surface area contributed by atoms with E-state index in [9.17, 15) is 5.11 Å². The lowest BCUT2D eigenvalue weighted by Gasteiger charge is -2.23. The summed E-state index contributed by atoms with van der Waals surface area (Å²) in [6, 6.07) is 7.10. The fraction of sp³-hybridized carbons (Fsp3) is 0.474. The van der Waals surface area contributed by atoms with Crippen molar-refractivity contribution in [1.82, 2.24) is 9.97 Å². The lowest BCUT2D eigenvalue weighted by Crippen LogP contribution is -2.16. The zero-order valence-corrected chi connectivity index (χ0v) is 13.3. The van der Waals surface area contributed by atoms with E-state index in [1.165, 1.54) is 43.4 Å². The molecular formula is C19H24N2O. The van der Waals surface area contributed by atoms with Gasteiger partial charge in [-0.1, -0.05) is 32.6 Å². The first-order valence-electron chi connectivity index (χ1n) is 8.40. The van der Waals surface area contributed by atoms with Crippen LogP contribution in [0.5, 0.6) is 5.75 Å². The minimum Gasteiger partial charge on any atom is -0.508 e. The number of rotatable bonds is 5. The van der Waals surface area contributed by atoms with Gasteiger partial charge in [-0.05, 0) is 55.0 Å². The molecule has 0 saturated carbocycles. The molecule has 0 spiro atoms. The highest BCUT2D eigenvalue weighted by Gasteiger charge is 2.20. The van der Waals surface area contributed by atoms with Crippen LogP contribution in [0.1, 0.15) is 50.3 Å². The van der Waals surface area contributed by atoms with Crippen molar-refractivity contribution in [2.24, 2.45) is 5.92 Å². The van der Waals surface area contributed by atoms with E-state index < -0.39 is 0 Å². The molecule has 1 aromatic heterocycles. The third-order valence-electron chi connectivity index (χ3n) is 4.59. The molecule has 1 N–H and O–H groups in total. The molecule has 1 aromatic carbocycles. The first-order valence-corrected chi connectivity index (χ1v) is 8.40. The van der Waals surface area contributed by atoms with Crippen molar-refractivity contribution in [2.75, 3.05) is 0 Å². The Bertz CT molecular complexity index is 622. The van der Waals surface area contributed by atoms with E-state index in [0.717, 1.165) is 30.1 Å². The number of phenolic OH excluding ortho intramolecular Hbond substituents is 1. The summed E-state index contributed by atoms with van der Waals surface area (Å²) in [5, 5.41) is 9.37. The first-order chi connectivity index (χ1) is 10.8. The lowest BCUT2D eigenvalue weighted by molar-refractivity contribution is 0.404. The van der Waals surface area contributed by atoms with E-state index >= 15 is 0 Å². The molecular weight excluding hydrogens is 272 g/mol. The molecule has 1 aliphatic rings. The molecule has 116 valence electrons. The maximum atomic E-state index is 9.37. The Morgan fingerprint density at radius 1 is 1.18 bits per heavy atom. The van der Waals surface area contributed by atoms with Gasteiger partial charge >= 0.3 is 0 Å². The van der Waals surface area contributed by atoms with Crippen LogP contribution in [0.4, 0.5) is 0 Å². The van der Waals surface area contributed by atoms with Gasteiger partial charge in [0.1, 0.15) is 5.75 Å².